The van der Waals surface area contributed by atoms with Gasteiger partial charge in [0.2, 0.25) is 0 Å². The van der Waals surface area contributed by atoms with Crippen molar-refractivity contribution in [3.63, 3.8) is 0 Å². The molecule has 1 fully saturated rings. The van der Waals surface area contributed by atoms with Crippen molar-refractivity contribution in [2.24, 2.45) is 0 Å². The van der Waals surface area contributed by atoms with E-state index in [0.29, 0.717) is 12.6 Å². The Morgan fingerprint density at radius 1 is 1.25 bits per heavy atom. The average Bonchev–Trinajstić information content (AvgIpc) is 2.88. The van der Waals surface area contributed by atoms with Crippen molar-refractivity contribution in [2.75, 3.05) is 11.9 Å². The highest BCUT2D eigenvalue weighted by Crippen LogP contribution is 2.29. The lowest BCUT2D eigenvalue weighted by molar-refractivity contribution is 0.423. The van der Waals surface area contributed by atoms with E-state index in [0.717, 1.165) is 11.3 Å². The largest absolute Gasteiger partial charge is 0.371 e. The molecule has 2 nitrogen and oxygen atoms in total. The van der Waals surface area contributed by atoms with E-state index >= 15 is 0 Å². The molecule has 112 valence electrons. The van der Waals surface area contributed by atoms with E-state index < -0.39 is 0 Å². The van der Waals surface area contributed by atoms with Crippen molar-refractivity contribution >= 4 is 5.69 Å². The number of nitrogens with zero attached hydrogens (tertiary/aromatic N) is 1. The minimum Gasteiger partial charge on any atom is -0.371 e. The van der Waals surface area contributed by atoms with Gasteiger partial charge in [0.05, 0.1) is 0 Å². The molecule has 0 aromatic heterocycles. The summed E-state index contributed by atoms with van der Waals surface area (Å²) in [7, 11) is 2.14. The Balaban J connectivity index is 2.18. The first-order valence-electron chi connectivity index (χ1n) is 7.63. The van der Waals surface area contributed by atoms with Crippen LogP contribution in [0.15, 0.2) is 18.2 Å². The van der Waals surface area contributed by atoms with E-state index in [-0.39, 0.29) is 11.4 Å². The van der Waals surface area contributed by atoms with Gasteiger partial charge < -0.3 is 10.2 Å². The fourth-order valence-corrected chi connectivity index (χ4v) is 2.89. The Morgan fingerprint density at radius 2 is 1.90 bits per heavy atom. The summed E-state index contributed by atoms with van der Waals surface area (Å²) >= 11 is 0. The Morgan fingerprint density at radius 3 is 2.50 bits per heavy atom. The Labute approximate surface area is 122 Å². The molecule has 3 heteroatoms. The lowest BCUT2D eigenvalue weighted by Crippen LogP contribution is -2.36. The first-order valence-corrected chi connectivity index (χ1v) is 7.63. The van der Waals surface area contributed by atoms with Gasteiger partial charge in [-0.15, -0.1) is 0 Å². The summed E-state index contributed by atoms with van der Waals surface area (Å²) in [4.78, 5) is 2.34. The molecule has 2 rings (SSSR count). The van der Waals surface area contributed by atoms with Gasteiger partial charge in [0.25, 0.3) is 0 Å². The van der Waals surface area contributed by atoms with E-state index in [4.69, 9.17) is 0 Å². The molecule has 1 aromatic rings. The van der Waals surface area contributed by atoms with Crippen LogP contribution in [0.2, 0.25) is 0 Å². The molecule has 0 spiro atoms. The number of halogens is 1. The normalized spacial score (nSPS) is 16.6. The Hall–Kier alpha value is -1.09. The SMILES string of the molecule is CN(c1ccc(F)cc1CNC(C)(C)C)C1CCCC1. The molecule has 1 N–H and O–H groups in total. The summed E-state index contributed by atoms with van der Waals surface area (Å²) in [6, 6.07) is 5.77. The van der Waals surface area contributed by atoms with Gasteiger partial charge in [0.1, 0.15) is 5.82 Å². The molecular weight excluding hydrogens is 251 g/mol. The summed E-state index contributed by atoms with van der Waals surface area (Å²) in [6.45, 7) is 7.10. The van der Waals surface area contributed by atoms with E-state index in [9.17, 15) is 4.39 Å². The van der Waals surface area contributed by atoms with Crippen molar-refractivity contribution in [3.05, 3.63) is 29.6 Å². The number of rotatable bonds is 4. The number of anilines is 1. The second kappa shape index (κ2) is 6.13. The standard InChI is InChI=1S/C17H27FN2/c1-17(2,3)19-12-13-11-14(18)9-10-16(13)20(4)15-7-5-6-8-15/h9-11,15,19H,5-8,12H2,1-4H3. The lowest BCUT2D eigenvalue weighted by atomic mass is 10.1. The van der Waals surface area contributed by atoms with E-state index in [2.05, 4.69) is 38.0 Å². The van der Waals surface area contributed by atoms with Gasteiger partial charge in [-0.2, -0.15) is 0 Å². The van der Waals surface area contributed by atoms with Crippen molar-refractivity contribution in [2.45, 2.75) is 64.6 Å². The van der Waals surface area contributed by atoms with Crippen LogP contribution in [0.4, 0.5) is 10.1 Å². The monoisotopic (exact) mass is 278 g/mol. The molecule has 0 saturated heterocycles. The van der Waals surface area contributed by atoms with Crippen molar-refractivity contribution in [1.29, 1.82) is 0 Å². The van der Waals surface area contributed by atoms with E-state index in [1.54, 1.807) is 12.1 Å². The summed E-state index contributed by atoms with van der Waals surface area (Å²) in [5.41, 5.74) is 2.25. The zero-order chi connectivity index (χ0) is 14.8. The van der Waals surface area contributed by atoms with Crippen molar-refractivity contribution < 1.29 is 4.39 Å². The molecule has 0 radical (unpaired) electrons. The van der Waals surface area contributed by atoms with E-state index in [1.807, 2.05) is 6.07 Å². The maximum absolute atomic E-state index is 13.6. The van der Waals surface area contributed by atoms with Crippen molar-refractivity contribution in [1.82, 2.24) is 5.32 Å². The third-order valence-corrected chi connectivity index (χ3v) is 4.10. The predicted molar refractivity (Wildman–Crippen MR) is 83.7 cm³/mol. The molecule has 20 heavy (non-hydrogen) atoms. The zero-order valence-electron chi connectivity index (χ0n) is 13.2. The number of hydrogen-bond donors (Lipinski definition) is 1. The topological polar surface area (TPSA) is 15.3 Å². The molecule has 1 saturated carbocycles. The third-order valence-electron chi connectivity index (χ3n) is 4.10. The van der Waals surface area contributed by atoms with Gasteiger partial charge in [-0.25, -0.2) is 4.39 Å². The number of nitrogens with one attached hydrogen (secondary N) is 1. The molecule has 0 atom stereocenters. The highest BCUT2D eigenvalue weighted by atomic mass is 19.1. The molecule has 0 aliphatic heterocycles. The zero-order valence-corrected chi connectivity index (χ0v) is 13.2. The van der Waals surface area contributed by atoms with Gasteiger partial charge in [0.15, 0.2) is 0 Å². The molecular formula is C17H27FN2. The molecule has 0 unspecified atom stereocenters. The molecule has 0 bridgehead atoms. The molecule has 1 aliphatic carbocycles. The van der Waals surface area contributed by atoms with Crippen LogP contribution >= 0.6 is 0 Å². The molecule has 0 heterocycles. The van der Waals surface area contributed by atoms with Gasteiger partial charge in [0, 0.05) is 30.9 Å². The van der Waals surface area contributed by atoms with Gasteiger partial charge in [-0.05, 0) is 57.4 Å². The van der Waals surface area contributed by atoms with Crippen molar-refractivity contribution in [3.8, 4) is 0 Å². The van der Waals surface area contributed by atoms with Crippen LogP contribution in [0.3, 0.4) is 0 Å². The van der Waals surface area contributed by atoms with Crippen LogP contribution in [-0.2, 0) is 6.54 Å². The average molecular weight is 278 g/mol. The van der Waals surface area contributed by atoms with Crippen LogP contribution in [0.5, 0.6) is 0 Å². The second-order valence-corrected chi connectivity index (χ2v) is 6.93. The Kier molecular flexibility index (Phi) is 4.69. The van der Waals surface area contributed by atoms with Crippen LogP contribution in [0, 0.1) is 5.82 Å². The summed E-state index contributed by atoms with van der Waals surface area (Å²) in [5, 5.41) is 3.46. The van der Waals surface area contributed by atoms with Crippen LogP contribution in [0.25, 0.3) is 0 Å². The maximum Gasteiger partial charge on any atom is 0.123 e. The number of hydrogen-bond acceptors (Lipinski definition) is 2. The van der Waals surface area contributed by atoms with Crippen LogP contribution in [-0.4, -0.2) is 18.6 Å². The van der Waals surface area contributed by atoms with Crippen LogP contribution in [0.1, 0.15) is 52.0 Å². The van der Waals surface area contributed by atoms with Gasteiger partial charge in [-0.1, -0.05) is 12.8 Å². The minimum absolute atomic E-state index is 0.0372. The first kappa shape index (κ1) is 15.3. The van der Waals surface area contributed by atoms with E-state index in [1.165, 1.54) is 25.7 Å². The fourth-order valence-electron chi connectivity index (χ4n) is 2.89. The third kappa shape index (κ3) is 3.95. The molecule has 1 aliphatic rings. The summed E-state index contributed by atoms with van der Waals surface area (Å²) in [6.07, 6.45) is 5.12. The molecule has 0 amide bonds. The summed E-state index contributed by atoms with van der Waals surface area (Å²) < 4.78 is 13.6. The first-order chi connectivity index (χ1) is 9.37. The van der Waals surface area contributed by atoms with Crippen LogP contribution < -0.4 is 10.2 Å². The fraction of sp³-hybridized carbons (Fsp3) is 0.647. The highest BCUT2D eigenvalue weighted by Gasteiger charge is 2.22. The summed E-state index contributed by atoms with van der Waals surface area (Å²) in [5.74, 6) is -0.153. The number of benzene rings is 1. The van der Waals surface area contributed by atoms with Gasteiger partial charge in [-0.3, -0.25) is 0 Å². The quantitative estimate of drug-likeness (QED) is 0.892. The second-order valence-electron chi connectivity index (χ2n) is 6.93. The lowest BCUT2D eigenvalue weighted by Gasteiger charge is -2.30. The minimum atomic E-state index is -0.153. The smallest absolute Gasteiger partial charge is 0.123 e. The molecule has 1 aromatic carbocycles. The maximum atomic E-state index is 13.6. The predicted octanol–water partition coefficient (Wildman–Crippen LogP) is 4.09. The highest BCUT2D eigenvalue weighted by molar-refractivity contribution is 5.54. The van der Waals surface area contributed by atoms with Gasteiger partial charge >= 0.3 is 0 Å². The Bertz CT molecular complexity index is 445.